The first kappa shape index (κ1) is 29.4. The average Bonchev–Trinajstić information content (AvgIpc) is 3.27. The smallest absolute Gasteiger partial charge is 0.417 e. The summed E-state index contributed by atoms with van der Waals surface area (Å²) in [5.74, 6) is -0.422. The number of likely N-dealkylation sites (N-methyl/N-ethyl adjacent to an activating group) is 1. The molecular weight excluding hydrogens is 548 g/mol. The number of imidazole rings is 1. The molecule has 1 amide bonds. The van der Waals surface area contributed by atoms with Crippen molar-refractivity contribution in [2.45, 2.75) is 32.6 Å². The molecule has 1 atom stereocenters. The summed E-state index contributed by atoms with van der Waals surface area (Å²) in [6.45, 7) is 3.93. The fourth-order valence-corrected chi connectivity index (χ4v) is 5.01. The second-order valence-electron chi connectivity index (χ2n) is 9.89. The van der Waals surface area contributed by atoms with Crippen molar-refractivity contribution in [2.24, 2.45) is 0 Å². The molecule has 40 heavy (non-hydrogen) atoms. The quantitative estimate of drug-likeness (QED) is 0.218. The number of ether oxygens (including phenoxy) is 1. The Hall–Kier alpha value is -3.63. The zero-order valence-corrected chi connectivity index (χ0v) is 23.4. The maximum Gasteiger partial charge on any atom is 0.417 e. The van der Waals surface area contributed by atoms with Crippen LogP contribution in [0.3, 0.4) is 0 Å². The summed E-state index contributed by atoms with van der Waals surface area (Å²) in [4.78, 5) is 22.4. The summed E-state index contributed by atoms with van der Waals surface area (Å²) in [6.07, 6.45) is -4.60. The Labute approximate surface area is 234 Å². The largest absolute Gasteiger partial charge is 0.482 e. The summed E-state index contributed by atoms with van der Waals surface area (Å²) >= 11 is 5.99. The summed E-state index contributed by atoms with van der Waals surface area (Å²) in [5.41, 5.74) is 1.37. The second kappa shape index (κ2) is 11.5. The van der Waals surface area contributed by atoms with E-state index in [1.54, 1.807) is 46.6 Å². The highest BCUT2D eigenvalue weighted by atomic mass is 35.5. The van der Waals surface area contributed by atoms with Crippen LogP contribution < -0.4 is 4.74 Å². The summed E-state index contributed by atoms with van der Waals surface area (Å²) in [5, 5.41) is -0.447. The molecule has 0 aliphatic carbocycles. The minimum atomic E-state index is -4.60. The molecule has 1 unspecified atom stereocenters. The minimum absolute atomic E-state index is 0.0153. The highest BCUT2D eigenvalue weighted by Crippen LogP contribution is 2.36. The highest BCUT2D eigenvalue weighted by molar-refractivity contribution is 6.31. The third-order valence-corrected chi connectivity index (χ3v) is 6.88. The van der Waals surface area contributed by atoms with Gasteiger partial charge in [0.1, 0.15) is 11.5 Å². The molecule has 4 aromatic rings. The third-order valence-electron chi connectivity index (χ3n) is 6.57. The van der Waals surface area contributed by atoms with Gasteiger partial charge in [0.2, 0.25) is 0 Å². The molecule has 2 aromatic heterocycles. The van der Waals surface area contributed by atoms with E-state index >= 15 is 0 Å². The van der Waals surface area contributed by atoms with E-state index in [0.29, 0.717) is 40.5 Å². The van der Waals surface area contributed by atoms with Crippen molar-refractivity contribution in [3.8, 4) is 17.1 Å². The third kappa shape index (κ3) is 5.93. The van der Waals surface area contributed by atoms with Gasteiger partial charge in [0.25, 0.3) is 5.91 Å². The molecule has 0 saturated heterocycles. The van der Waals surface area contributed by atoms with Crippen LogP contribution in [-0.4, -0.2) is 58.9 Å². The number of hydrogen-bond donors (Lipinski definition) is 0. The molecule has 2 heterocycles. The van der Waals surface area contributed by atoms with Crippen LogP contribution in [0.1, 0.15) is 34.1 Å². The molecule has 0 fully saturated rings. The molecule has 0 N–H and O–H groups in total. The molecule has 0 aliphatic rings. The van der Waals surface area contributed by atoms with Gasteiger partial charge in [-0.3, -0.25) is 9.20 Å². The van der Waals surface area contributed by atoms with Crippen LogP contribution in [-0.2, 0) is 12.7 Å². The number of halogens is 5. The molecule has 2 aromatic carbocycles. The molecule has 0 spiro atoms. The fraction of sp³-hybridized carbons (Fsp3) is 0.310. The van der Waals surface area contributed by atoms with Crippen LogP contribution in [0, 0.1) is 12.7 Å². The number of carbonyl (C=O) groups is 1. The van der Waals surface area contributed by atoms with Crippen molar-refractivity contribution < 1.29 is 27.1 Å². The van der Waals surface area contributed by atoms with Gasteiger partial charge in [0.05, 0.1) is 23.4 Å². The van der Waals surface area contributed by atoms with Crippen LogP contribution in [0.2, 0.25) is 5.02 Å². The number of rotatable bonds is 8. The van der Waals surface area contributed by atoms with Gasteiger partial charge < -0.3 is 14.5 Å². The molecule has 0 radical (unpaired) electrons. The summed E-state index contributed by atoms with van der Waals surface area (Å²) in [7, 11) is 5.21. The van der Waals surface area contributed by atoms with Crippen molar-refractivity contribution in [2.75, 3.05) is 27.7 Å². The van der Waals surface area contributed by atoms with Crippen molar-refractivity contribution in [1.29, 1.82) is 0 Å². The lowest BCUT2D eigenvalue weighted by molar-refractivity contribution is -0.137. The number of aromatic nitrogens is 2. The van der Waals surface area contributed by atoms with Crippen LogP contribution in [0.15, 0.2) is 54.6 Å². The number of nitrogens with zero attached hydrogens (tertiary/aromatic N) is 4. The zero-order valence-electron chi connectivity index (χ0n) is 22.7. The predicted molar refractivity (Wildman–Crippen MR) is 146 cm³/mol. The van der Waals surface area contributed by atoms with Crippen LogP contribution in [0.5, 0.6) is 5.88 Å². The maximum atomic E-state index is 14.3. The van der Waals surface area contributed by atoms with Crippen molar-refractivity contribution in [3.05, 3.63) is 87.8 Å². The van der Waals surface area contributed by atoms with Crippen LogP contribution >= 0.6 is 11.6 Å². The van der Waals surface area contributed by atoms with E-state index in [9.17, 15) is 22.4 Å². The van der Waals surface area contributed by atoms with E-state index in [0.717, 1.165) is 6.07 Å². The number of carbonyl (C=O) groups excluding carboxylic acids is 1. The number of pyridine rings is 1. The molecule has 0 bridgehead atoms. The first-order valence-corrected chi connectivity index (χ1v) is 12.8. The van der Waals surface area contributed by atoms with Crippen molar-refractivity contribution in [3.63, 3.8) is 0 Å². The molecular formula is C29H29ClF4N4O2. The van der Waals surface area contributed by atoms with Crippen LogP contribution in [0.4, 0.5) is 17.6 Å². The predicted octanol–water partition coefficient (Wildman–Crippen LogP) is 6.72. The standard InChI is InChI=1S/C29H29ClF4N4O2/c1-17-13-20(10-12-23(17)31)27-26(35-24-7-6-8-25(40-5)38(24)27)28(39)37(18(2)15-36(3)4)16-19-9-11-21(22(30)14-19)29(32,33)34/h6-14,18H,15-16H2,1-5H3. The highest BCUT2D eigenvalue weighted by Gasteiger charge is 2.34. The van der Waals surface area contributed by atoms with Gasteiger partial charge in [0.15, 0.2) is 11.6 Å². The topological polar surface area (TPSA) is 50.1 Å². The monoisotopic (exact) mass is 576 g/mol. The van der Waals surface area contributed by atoms with E-state index in [2.05, 4.69) is 4.98 Å². The van der Waals surface area contributed by atoms with Gasteiger partial charge in [-0.05, 0) is 81.5 Å². The Bertz CT molecular complexity index is 1550. The second-order valence-corrected chi connectivity index (χ2v) is 10.3. The van der Waals surface area contributed by atoms with Gasteiger partial charge in [-0.15, -0.1) is 0 Å². The molecule has 11 heteroatoms. The van der Waals surface area contributed by atoms with E-state index in [4.69, 9.17) is 16.3 Å². The maximum absolute atomic E-state index is 14.3. The fourth-order valence-electron chi connectivity index (χ4n) is 4.70. The lowest BCUT2D eigenvalue weighted by Crippen LogP contribution is -2.43. The zero-order chi connectivity index (χ0) is 29.4. The Morgan fingerprint density at radius 2 is 1.85 bits per heavy atom. The van der Waals surface area contributed by atoms with Gasteiger partial charge in [-0.2, -0.15) is 13.2 Å². The number of aryl methyl sites for hydroxylation is 1. The summed E-state index contributed by atoms with van der Waals surface area (Å²) in [6, 6.07) is 12.8. The van der Waals surface area contributed by atoms with Crippen molar-refractivity contribution in [1.82, 2.24) is 19.2 Å². The molecule has 0 saturated carbocycles. The minimum Gasteiger partial charge on any atom is -0.482 e. The van der Waals surface area contributed by atoms with Gasteiger partial charge in [-0.1, -0.05) is 23.7 Å². The number of amides is 1. The lowest BCUT2D eigenvalue weighted by Gasteiger charge is -2.31. The van der Waals surface area contributed by atoms with Crippen molar-refractivity contribution >= 4 is 23.2 Å². The van der Waals surface area contributed by atoms with E-state index < -0.39 is 28.5 Å². The average molecular weight is 577 g/mol. The Morgan fingerprint density at radius 1 is 1.12 bits per heavy atom. The first-order valence-electron chi connectivity index (χ1n) is 12.4. The normalized spacial score (nSPS) is 12.7. The molecule has 0 aliphatic heterocycles. The van der Waals surface area contributed by atoms with Gasteiger partial charge >= 0.3 is 6.18 Å². The Morgan fingerprint density at radius 3 is 2.45 bits per heavy atom. The summed E-state index contributed by atoms with van der Waals surface area (Å²) < 4.78 is 61.3. The number of alkyl halides is 3. The molecule has 4 rings (SSSR count). The lowest BCUT2D eigenvalue weighted by atomic mass is 10.0. The first-order chi connectivity index (χ1) is 18.8. The van der Waals surface area contributed by atoms with E-state index in [1.165, 1.54) is 25.3 Å². The van der Waals surface area contributed by atoms with Crippen LogP contribution in [0.25, 0.3) is 16.9 Å². The van der Waals surface area contributed by atoms with Gasteiger partial charge in [-0.25, -0.2) is 9.37 Å². The van der Waals surface area contributed by atoms with Gasteiger partial charge in [0, 0.05) is 24.7 Å². The number of fused-ring (bicyclic) bond motifs is 1. The van der Waals surface area contributed by atoms with E-state index in [-0.39, 0.29) is 18.3 Å². The molecule has 212 valence electrons. The SMILES string of the molecule is COc1cccc2nc(C(=O)N(Cc3ccc(C(F)(F)F)c(Cl)c3)C(C)CN(C)C)c(-c3ccc(F)c(C)c3)n12. The number of benzene rings is 2. The van der Waals surface area contributed by atoms with E-state index in [1.807, 2.05) is 25.9 Å². The number of hydrogen-bond acceptors (Lipinski definition) is 4. The molecule has 6 nitrogen and oxygen atoms in total. The Kier molecular flexibility index (Phi) is 8.41. The number of methoxy groups -OCH3 is 1. The Balaban J connectivity index is 1.87.